The summed E-state index contributed by atoms with van der Waals surface area (Å²) in [4.78, 5) is 3.87. The Hall–Kier alpha value is -1.11. The van der Waals surface area contributed by atoms with Crippen LogP contribution < -0.4 is 4.72 Å². The molecule has 6 heteroatoms. The lowest BCUT2D eigenvalue weighted by Gasteiger charge is -2.02. The van der Waals surface area contributed by atoms with Gasteiger partial charge in [0.15, 0.2) is 0 Å². The van der Waals surface area contributed by atoms with Gasteiger partial charge in [-0.15, -0.1) is 11.3 Å². The van der Waals surface area contributed by atoms with Crippen LogP contribution in [-0.2, 0) is 16.6 Å². The zero-order chi connectivity index (χ0) is 11.6. The Morgan fingerprint density at radius 1 is 1.38 bits per heavy atom. The number of nitrogens with one attached hydrogen (secondary N) is 2. The number of hydrogen-bond acceptors (Lipinski definition) is 3. The Balaban J connectivity index is 2.09. The van der Waals surface area contributed by atoms with Gasteiger partial charge < -0.3 is 4.98 Å². The fourth-order valence-corrected chi connectivity index (χ4v) is 3.62. The van der Waals surface area contributed by atoms with Gasteiger partial charge in [-0.1, -0.05) is 0 Å². The first-order valence-electron chi connectivity index (χ1n) is 4.76. The van der Waals surface area contributed by atoms with E-state index in [1.165, 1.54) is 11.3 Å². The van der Waals surface area contributed by atoms with Gasteiger partial charge >= 0.3 is 0 Å². The summed E-state index contributed by atoms with van der Waals surface area (Å²) in [7, 11) is -3.36. The molecule has 0 bridgehead atoms. The summed E-state index contributed by atoms with van der Waals surface area (Å²) in [6.07, 6.45) is 3.53. The van der Waals surface area contributed by atoms with Gasteiger partial charge in [0.05, 0.1) is 0 Å². The van der Waals surface area contributed by atoms with Crippen molar-refractivity contribution in [1.29, 1.82) is 0 Å². The molecule has 0 spiro atoms. The van der Waals surface area contributed by atoms with Crippen molar-refractivity contribution in [2.24, 2.45) is 0 Å². The van der Waals surface area contributed by atoms with Crippen molar-refractivity contribution in [1.82, 2.24) is 9.71 Å². The van der Waals surface area contributed by atoms with E-state index in [4.69, 9.17) is 0 Å². The smallest absolute Gasteiger partial charge is 0.250 e. The largest absolute Gasteiger partial charge is 0.367 e. The quantitative estimate of drug-likeness (QED) is 0.877. The minimum atomic E-state index is -3.36. The third-order valence-corrected chi connectivity index (χ3v) is 5.00. The lowest BCUT2D eigenvalue weighted by Crippen LogP contribution is -2.22. The molecule has 0 unspecified atom stereocenters. The molecular formula is C10H12N2O2S2. The van der Waals surface area contributed by atoms with Crippen molar-refractivity contribution in [3.8, 4) is 0 Å². The molecule has 86 valence electrons. The van der Waals surface area contributed by atoms with Crippen LogP contribution in [-0.4, -0.2) is 13.4 Å². The van der Waals surface area contributed by atoms with Gasteiger partial charge in [0.1, 0.15) is 4.21 Å². The predicted molar refractivity (Wildman–Crippen MR) is 63.9 cm³/mol. The molecule has 0 atom stereocenters. The van der Waals surface area contributed by atoms with Crippen LogP contribution in [0.25, 0.3) is 0 Å². The normalized spacial score (nSPS) is 11.8. The van der Waals surface area contributed by atoms with Crippen molar-refractivity contribution in [3.05, 3.63) is 41.0 Å². The number of hydrogen-bond donors (Lipinski definition) is 2. The van der Waals surface area contributed by atoms with Crippen LogP contribution in [0.5, 0.6) is 0 Å². The summed E-state index contributed by atoms with van der Waals surface area (Å²) >= 11 is 1.27. The maximum absolute atomic E-state index is 11.8. The highest BCUT2D eigenvalue weighted by molar-refractivity contribution is 7.91. The van der Waals surface area contributed by atoms with Crippen LogP contribution in [0.1, 0.15) is 10.4 Å². The first-order valence-corrected chi connectivity index (χ1v) is 7.06. The second kappa shape index (κ2) is 4.40. The van der Waals surface area contributed by atoms with E-state index in [2.05, 4.69) is 9.71 Å². The number of aryl methyl sites for hydroxylation is 1. The van der Waals surface area contributed by atoms with E-state index in [0.717, 1.165) is 10.4 Å². The molecule has 0 aliphatic heterocycles. The molecule has 0 aliphatic rings. The summed E-state index contributed by atoms with van der Waals surface area (Å²) in [6, 6.07) is 5.26. The van der Waals surface area contributed by atoms with E-state index in [1.54, 1.807) is 24.5 Å². The molecule has 16 heavy (non-hydrogen) atoms. The molecule has 0 radical (unpaired) electrons. The monoisotopic (exact) mass is 256 g/mol. The fourth-order valence-electron chi connectivity index (χ4n) is 1.27. The third kappa shape index (κ3) is 2.52. The second-order valence-electron chi connectivity index (χ2n) is 3.41. The lowest BCUT2D eigenvalue weighted by atomic mass is 10.4. The molecule has 2 aromatic rings. The molecule has 0 fully saturated rings. The van der Waals surface area contributed by atoms with Gasteiger partial charge in [0.25, 0.3) is 0 Å². The highest BCUT2D eigenvalue weighted by Gasteiger charge is 2.15. The summed E-state index contributed by atoms with van der Waals surface area (Å²) in [5.74, 6) is 0. The number of rotatable bonds is 4. The fraction of sp³-hybridized carbons (Fsp3) is 0.200. The molecule has 0 aromatic carbocycles. The van der Waals surface area contributed by atoms with Gasteiger partial charge in [0.2, 0.25) is 10.0 Å². The van der Waals surface area contributed by atoms with Crippen LogP contribution in [0.2, 0.25) is 0 Å². The maximum Gasteiger partial charge on any atom is 0.250 e. The maximum atomic E-state index is 11.8. The average molecular weight is 256 g/mol. The van der Waals surface area contributed by atoms with Gasteiger partial charge in [-0.3, -0.25) is 0 Å². The van der Waals surface area contributed by atoms with Crippen LogP contribution >= 0.6 is 11.3 Å². The average Bonchev–Trinajstić information content (AvgIpc) is 2.85. The summed E-state index contributed by atoms with van der Waals surface area (Å²) in [5.41, 5.74) is 0.914. The molecule has 0 amide bonds. The number of H-pyrrole nitrogens is 1. The molecule has 2 N–H and O–H groups in total. The standard InChI is InChI=1S/C10H12N2O2S2/c1-8-2-3-10(15-8)16(13,14)12-7-9-4-5-11-6-9/h2-6,11-12H,7H2,1H3. The Morgan fingerprint density at radius 2 is 2.19 bits per heavy atom. The van der Waals surface area contributed by atoms with Gasteiger partial charge in [-0.2, -0.15) is 0 Å². The zero-order valence-corrected chi connectivity index (χ0v) is 10.4. The van der Waals surface area contributed by atoms with Gasteiger partial charge in [-0.05, 0) is 30.7 Å². The molecule has 0 saturated carbocycles. The van der Waals surface area contributed by atoms with Crippen molar-refractivity contribution in [2.45, 2.75) is 17.7 Å². The Labute approximate surface area is 98.4 Å². The number of aromatic nitrogens is 1. The first kappa shape index (κ1) is 11.4. The van der Waals surface area contributed by atoms with Crippen LogP contribution in [0.3, 0.4) is 0 Å². The highest BCUT2D eigenvalue weighted by atomic mass is 32.2. The minimum absolute atomic E-state index is 0.308. The summed E-state index contributed by atoms with van der Waals surface area (Å²) < 4.78 is 26.6. The lowest BCUT2D eigenvalue weighted by molar-refractivity contribution is 0.583. The van der Waals surface area contributed by atoms with E-state index in [-0.39, 0.29) is 0 Å². The topological polar surface area (TPSA) is 62.0 Å². The van der Waals surface area contributed by atoms with Crippen molar-refractivity contribution >= 4 is 21.4 Å². The summed E-state index contributed by atoms with van der Waals surface area (Å²) in [5, 5.41) is 0. The second-order valence-corrected chi connectivity index (χ2v) is 6.69. The van der Waals surface area contributed by atoms with E-state index >= 15 is 0 Å². The Kier molecular flexibility index (Phi) is 3.13. The van der Waals surface area contributed by atoms with Gasteiger partial charge in [0, 0.05) is 23.8 Å². The van der Waals surface area contributed by atoms with E-state index < -0.39 is 10.0 Å². The van der Waals surface area contributed by atoms with Crippen LogP contribution in [0.4, 0.5) is 0 Å². The SMILES string of the molecule is Cc1ccc(S(=O)(=O)NCc2cc[nH]c2)s1. The summed E-state index contributed by atoms with van der Waals surface area (Å²) in [6.45, 7) is 2.19. The minimum Gasteiger partial charge on any atom is -0.367 e. The molecule has 2 rings (SSSR count). The molecule has 2 heterocycles. The van der Waals surface area contributed by atoms with E-state index in [9.17, 15) is 8.42 Å². The van der Waals surface area contributed by atoms with Crippen LogP contribution in [0.15, 0.2) is 34.8 Å². The van der Waals surface area contributed by atoms with Crippen molar-refractivity contribution in [2.75, 3.05) is 0 Å². The molecular weight excluding hydrogens is 244 g/mol. The number of aromatic amines is 1. The first-order chi connectivity index (χ1) is 7.58. The van der Waals surface area contributed by atoms with E-state index in [0.29, 0.717) is 10.8 Å². The number of sulfonamides is 1. The Morgan fingerprint density at radius 3 is 2.75 bits per heavy atom. The van der Waals surface area contributed by atoms with Crippen molar-refractivity contribution in [3.63, 3.8) is 0 Å². The van der Waals surface area contributed by atoms with Gasteiger partial charge in [-0.25, -0.2) is 13.1 Å². The zero-order valence-electron chi connectivity index (χ0n) is 8.73. The highest BCUT2D eigenvalue weighted by Crippen LogP contribution is 2.20. The van der Waals surface area contributed by atoms with E-state index in [1.807, 2.05) is 13.0 Å². The molecule has 0 saturated heterocycles. The van der Waals surface area contributed by atoms with Crippen molar-refractivity contribution < 1.29 is 8.42 Å². The van der Waals surface area contributed by atoms with Crippen LogP contribution in [0, 0.1) is 6.92 Å². The molecule has 2 aromatic heterocycles. The molecule has 0 aliphatic carbocycles. The predicted octanol–water partition coefficient (Wildman–Crippen LogP) is 1.86. The number of thiophene rings is 1. The third-order valence-electron chi connectivity index (χ3n) is 2.11. The molecule has 4 nitrogen and oxygen atoms in total. The Bertz CT molecular complexity index is 555.